The number of carbonyl (C=O) groups excluding carboxylic acids is 6. The first-order valence-corrected chi connectivity index (χ1v) is 47.2. The second-order valence-corrected chi connectivity index (χ2v) is 37.8. The molecule has 0 saturated carbocycles. The molecule has 3 aromatic carbocycles. The van der Waals surface area contributed by atoms with Crippen LogP contribution in [0, 0.1) is 11.8 Å². The van der Waals surface area contributed by atoms with E-state index in [1.54, 1.807) is 73.6 Å². The molecule has 5 N–H and O–H groups in total. The summed E-state index contributed by atoms with van der Waals surface area (Å²) in [7, 11) is 2.96. The molecule has 18 unspecified atom stereocenters. The number of hydrogen-bond donors (Lipinski definition) is 5. The maximum atomic E-state index is 12.4. The summed E-state index contributed by atoms with van der Waals surface area (Å²) in [4.78, 5) is 84.8. The number of aliphatic hydroxyl groups is 5. The van der Waals surface area contributed by atoms with E-state index in [1.165, 1.54) is 12.8 Å². The number of carbonyl (C=O) groups is 6. The van der Waals surface area contributed by atoms with Crippen LogP contribution in [0.5, 0.6) is 0 Å². The average molecular weight is 2020 g/mol. The molecule has 19 saturated heterocycles. The summed E-state index contributed by atoms with van der Waals surface area (Å²) < 4.78 is 97.2. The van der Waals surface area contributed by atoms with Gasteiger partial charge >= 0.3 is 125 Å². The standard InChI is InChI=1S/C17H19NO5.C17H21NO4.C15H17NO3.C11H17NO6S.C10H15NO4.C8H13NO2.C4H8O.2C2H6O.CHCl3.CN.2B.BrH.3Na.2H/c1-2-21-17(20)18-12-8-11(9-13(18)15-14(12)23-15)22-16(19)10-6-4-3-5-7-10;1-18-13-7-11(8-14(18)16-15(13)22-16)21-17(20)12(9-19)10-5-3-2-4-6-10;1-16-11-7-10(8-12(16)14-13(11)19-14)18-15(17)9-5-3-2-4-6-9;1-3-16-11(13)12-7-4-6(18-19(2,14)15)5-8(12)10-9(7)17-10;1-2-14-10(13)11-6-3-5(12)4-7(11)9-8(6)15-9;1-9-5-2-4(10)3-6(9)8-7(5)11-8;1-2-4-5-3-1;2*1-2-3;2-1(3)4;1-2;;;;;;;;/h3-7,11-15H,2,8-9H2,1H3;2-6,11-16,19H,7-9H2,1H3;2-6,10-14H,7-8H2,1H3;6-10H,3-5H2,1-2H3;5-9,12H,2-4H2,1H3;4-8,10H,2-3H2,1H3;1-4H2;2*3H,2H2,1H3;1H;;;;1H;;;;;/q;;;;;;;;;;-1;;;;3*+1;2*-1/t11?,12?,13?,14-,15+;11?,12-,13?,14?,15-,16+;10?,11?,12?,13-,14+;6?,7?,8?,9-,10+;5?,6?,7?,8-,9+;4?,5?,6?,7-,8+;;;;;;;;;;;;;/m.1................./s1. The van der Waals surface area contributed by atoms with Crippen LogP contribution in [0.15, 0.2) is 91.0 Å². The van der Waals surface area contributed by atoms with E-state index in [-0.39, 0.29) is 291 Å². The van der Waals surface area contributed by atoms with E-state index in [0.29, 0.717) is 142 Å². The number of aliphatic hydroxyl groups excluding tert-OH is 5. The van der Waals surface area contributed by atoms with Gasteiger partial charge in [-0.05, 0) is 137 Å². The number of benzene rings is 3. The van der Waals surface area contributed by atoms with Crippen molar-refractivity contribution in [2.75, 3.05) is 80.3 Å². The van der Waals surface area contributed by atoms with Gasteiger partial charge in [-0.3, -0.25) is 38.4 Å². The minimum atomic E-state index is -3.47. The molecule has 19 heterocycles. The van der Waals surface area contributed by atoms with Gasteiger partial charge < -0.3 is 102 Å². The molecule has 132 heavy (non-hydrogen) atoms. The number of nitrogens with zero attached hydrogens (tertiary/aromatic N) is 7. The first-order chi connectivity index (χ1) is 60.6. The van der Waals surface area contributed by atoms with E-state index in [9.17, 15) is 52.5 Å². The number of likely N-dealkylation sites (N-methyl/N-ethyl adjacent to an activating group) is 3. The zero-order chi connectivity index (χ0) is 90.7. The molecule has 19 aliphatic rings. The van der Waals surface area contributed by atoms with Gasteiger partial charge in [0.25, 0.3) is 10.1 Å². The minimum absolute atomic E-state index is 0. The zero-order valence-corrected chi connectivity index (χ0v) is 87.9. The predicted octanol–water partition coefficient (Wildman–Crippen LogP) is -1.90. The van der Waals surface area contributed by atoms with Crippen molar-refractivity contribution < 1.29 is 220 Å². The van der Waals surface area contributed by atoms with Crippen molar-refractivity contribution in [1.29, 1.82) is 5.26 Å². The number of ether oxygens (including phenoxy) is 13. The van der Waals surface area contributed by atoms with Crippen molar-refractivity contribution >= 4 is 115 Å². The van der Waals surface area contributed by atoms with Crippen LogP contribution in [0.25, 0.3) is 0 Å². The van der Waals surface area contributed by atoms with E-state index in [2.05, 4.69) is 35.8 Å². The number of amides is 3. The molecule has 19 aliphatic heterocycles. The second kappa shape index (κ2) is 54.4. The Hall–Kier alpha value is -2.84. The molecule has 31 atom stereocenters. The second-order valence-electron chi connectivity index (χ2n) is 34.3. The molecular weight excluding hydrogens is 1900 g/mol. The van der Waals surface area contributed by atoms with Gasteiger partial charge in [0, 0.05) is 118 Å². The molecule has 44 heteroatoms. The van der Waals surface area contributed by atoms with Crippen LogP contribution in [0.4, 0.5) is 14.4 Å². The van der Waals surface area contributed by atoms with Gasteiger partial charge in [-0.2, -0.15) is 8.42 Å². The summed E-state index contributed by atoms with van der Waals surface area (Å²) in [6, 6.07) is 29.8. The van der Waals surface area contributed by atoms with E-state index < -0.39 is 20.3 Å². The fraction of sp³-hybridized carbons (Fsp3) is 0.716. The molecule has 22 rings (SSSR count). The Bertz CT molecular complexity index is 4130. The van der Waals surface area contributed by atoms with Crippen molar-refractivity contribution in [3.05, 3.63) is 114 Å². The smallest absolute Gasteiger partial charge is 1.00 e. The number of epoxide rings is 6. The van der Waals surface area contributed by atoms with Gasteiger partial charge in [0.1, 0.15) is 97.5 Å². The fourth-order valence-electron chi connectivity index (χ4n) is 20.8. The third kappa shape index (κ3) is 29.4. The summed E-state index contributed by atoms with van der Waals surface area (Å²) in [5, 5.41) is 50.0. The molecule has 718 valence electrons. The predicted molar refractivity (Wildman–Crippen MR) is 478 cm³/mol. The van der Waals surface area contributed by atoms with Gasteiger partial charge in [-0.15, -0.1) is 17.0 Å². The molecule has 0 spiro atoms. The Labute approximate surface area is 873 Å². The number of rotatable bonds is 13. The van der Waals surface area contributed by atoms with Gasteiger partial charge in [-0.25, -0.2) is 24.0 Å². The molecule has 3 amide bonds. The molecule has 12 bridgehead atoms. The normalized spacial score (nSPS) is 35.4. The summed E-state index contributed by atoms with van der Waals surface area (Å²) in [5.74, 6) is -1.43. The third-order valence-corrected chi connectivity index (χ3v) is 27.0. The SMILES string of the molecule is Br.C1CCOC1.CCO.CCO.CCOC(=O)N1C2CC(O)CC1[C@@H]1O[C@H]21.CCOC(=O)N1C2CC(OC(=O)c3ccccc3)CC1[C@@H]1O[C@H]21.CCOC(=O)N1C2CC(OS(C)(=O)=O)CC1[C@@H]1O[C@H]21.CN1C2CC(O)CC1[C@@H]1O[C@H]21.CN1C2CC(OC(=O)[C@H](CO)c3ccccc3)CC1[C@@H]1O[C@H]21.CN1C2CC(OC(=O)c3ccccc3)CC1[C@@H]1O[C@H]21.ClC(Cl)Cl.[B].[B].[C-]#N.[H-].[H-].[Na+].[Na+].[Na+]. The topological polar surface area (TPSA) is 430 Å². The van der Waals surface area contributed by atoms with Crippen molar-refractivity contribution in [3.8, 4) is 0 Å². The zero-order valence-electron chi connectivity index (χ0n) is 79.1. The summed E-state index contributed by atoms with van der Waals surface area (Å²) in [6.45, 7) is 16.8. The van der Waals surface area contributed by atoms with E-state index in [1.807, 2.05) is 66.7 Å². The maximum absolute atomic E-state index is 12.4. The third-order valence-electron chi connectivity index (χ3n) is 26.4. The molecule has 0 aliphatic carbocycles. The Morgan fingerprint density at radius 1 is 0.432 bits per heavy atom. The maximum Gasteiger partial charge on any atom is 1.00 e. The Morgan fingerprint density at radius 3 is 0.924 bits per heavy atom. The van der Waals surface area contributed by atoms with Crippen LogP contribution in [0.1, 0.15) is 160 Å². The number of morpholine rings is 6. The Balaban J connectivity index is 0.000000323. The number of alkyl halides is 3. The first kappa shape index (κ1) is 118. The summed E-state index contributed by atoms with van der Waals surface area (Å²) >= 11 is 14.4. The molecule has 19 fully saturated rings. The molecule has 6 radical (unpaired) electrons. The number of halogens is 4. The largest absolute Gasteiger partial charge is 1.00 e. The average Bonchev–Trinajstić information content (AvgIpc) is 1.42. The van der Waals surface area contributed by atoms with Crippen molar-refractivity contribution in [1.82, 2.24) is 29.4 Å². The molecule has 3 aromatic rings. The molecule has 0 aromatic heterocycles. The van der Waals surface area contributed by atoms with Gasteiger partial charge in [0.05, 0.1) is 98.4 Å². The summed E-state index contributed by atoms with van der Waals surface area (Å²) in [6.07, 6.45) is 13.3. The van der Waals surface area contributed by atoms with Crippen molar-refractivity contribution in [2.24, 2.45) is 0 Å². The summed E-state index contributed by atoms with van der Waals surface area (Å²) in [5.41, 5.74) is 1.99. The number of esters is 3. The van der Waals surface area contributed by atoms with Gasteiger partial charge in [-0.1, -0.05) is 102 Å². The van der Waals surface area contributed by atoms with Gasteiger partial charge in [0.15, 0.2) is 4.30 Å². The number of hydrogen-bond acceptors (Lipinski definition) is 31. The quantitative estimate of drug-likeness (QED) is 0.0237. The molecular formula is C88H126B2BrCl3N7Na3O27S. The number of fused-ring (bicyclic) bond motifs is 30. The van der Waals surface area contributed by atoms with E-state index in [4.69, 9.17) is 123 Å². The van der Waals surface area contributed by atoms with Crippen molar-refractivity contribution in [3.63, 3.8) is 0 Å². The monoisotopic (exact) mass is 2020 g/mol. The van der Waals surface area contributed by atoms with Crippen LogP contribution < -0.4 is 88.7 Å². The van der Waals surface area contributed by atoms with E-state index in [0.717, 1.165) is 63.6 Å². The van der Waals surface area contributed by atoms with Crippen LogP contribution in [-0.4, -0.2) is 383 Å². The Morgan fingerprint density at radius 2 is 0.667 bits per heavy atom. The van der Waals surface area contributed by atoms with Gasteiger partial charge in [0.2, 0.25) is 0 Å². The molecule has 34 nitrogen and oxygen atoms in total. The van der Waals surface area contributed by atoms with Crippen LogP contribution in [0.2, 0.25) is 0 Å². The minimum Gasteiger partial charge on any atom is -1.00 e. The van der Waals surface area contributed by atoms with Crippen LogP contribution in [-0.2, 0) is 80.7 Å². The van der Waals surface area contributed by atoms with E-state index >= 15 is 0 Å². The van der Waals surface area contributed by atoms with Crippen LogP contribution >= 0.6 is 51.8 Å². The number of piperidine rings is 6. The van der Waals surface area contributed by atoms with Crippen LogP contribution in [0.3, 0.4) is 0 Å². The van der Waals surface area contributed by atoms with Crippen molar-refractivity contribution in [2.45, 2.75) is 317 Å². The fourth-order valence-corrected chi connectivity index (χ4v) is 21.5. The Kier molecular flexibility index (Phi) is 48.6. The first-order valence-electron chi connectivity index (χ1n) is 44.1.